The molecule has 0 radical (unpaired) electrons. The zero-order chi connectivity index (χ0) is 18.1. The highest BCUT2D eigenvalue weighted by Crippen LogP contribution is 2.36. The highest BCUT2D eigenvalue weighted by atomic mass is 16.2. The number of hydrogen-bond donors (Lipinski definition) is 2. The summed E-state index contributed by atoms with van der Waals surface area (Å²) in [5, 5.41) is 10.6. The number of hydrogen-bond acceptors (Lipinski definition) is 4. The minimum absolute atomic E-state index is 0.0117. The van der Waals surface area contributed by atoms with E-state index in [9.17, 15) is 9.59 Å². The molecule has 3 heterocycles. The number of nitrogens with one attached hydrogen (secondary N) is 2. The maximum Gasteiger partial charge on any atom is 0.250 e. The molecule has 1 unspecified atom stereocenters. The van der Waals surface area contributed by atoms with Crippen LogP contribution >= 0.6 is 0 Å². The fourth-order valence-electron chi connectivity index (χ4n) is 3.87. The number of piperidine rings is 1. The molecule has 26 heavy (non-hydrogen) atoms. The average molecular weight is 353 g/mol. The molecule has 136 valence electrons. The molecule has 0 bridgehead atoms. The van der Waals surface area contributed by atoms with Gasteiger partial charge in [-0.3, -0.25) is 14.3 Å². The number of fused-ring (bicyclic) bond motifs is 1. The van der Waals surface area contributed by atoms with Crippen LogP contribution in [0.15, 0.2) is 42.7 Å². The fourth-order valence-corrected chi connectivity index (χ4v) is 3.87. The lowest BCUT2D eigenvalue weighted by molar-refractivity contribution is -0.138. The Morgan fingerprint density at radius 2 is 1.96 bits per heavy atom. The summed E-state index contributed by atoms with van der Waals surface area (Å²) >= 11 is 0. The maximum atomic E-state index is 12.9. The Kier molecular flexibility index (Phi) is 4.14. The molecule has 7 nitrogen and oxygen atoms in total. The van der Waals surface area contributed by atoms with Gasteiger partial charge in [-0.15, -0.1) is 0 Å². The van der Waals surface area contributed by atoms with Crippen molar-refractivity contribution in [1.29, 1.82) is 0 Å². The average Bonchev–Trinajstić information content (AvgIpc) is 3.18. The van der Waals surface area contributed by atoms with Gasteiger partial charge in [0.05, 0.1) is 11.4 Å². The van der Waals surface area contributed by atoms with Crippen molar-refractivity contribution in [3.63, 3.8) is 0 Å². The summed E-state index contributed by atoms with van der Waals surface area (Å²) in [6.07, 6.45) is 5.39. The van der Waals surface area contributed by atoms with Gasteiger partial charge in [0.1, 0.15) is 11.6 Å². The predicted octanol–water partition coefficient (Wildman–Crippen LogP) is 2.26. The van der Waals surface area contributed by atoms with E-state index in [1.54, 1.807) is 10.9 Å². The molecule has 2 N–H and O–H groups in total. The van der Waals surface area contributed by atoms with Crippen LogP contribution in [0.4, 0.5) is 11.4 Å². The zero-order valence-corrected chi connectivity index (χ0v) is 14.8. The lowest BCUT2D eigenvalue weighted by atomic mass is 9.84. The van der Waals surface area contributed by atoms with Gasteiger partial charge < -0.3 is 15.5 Å². The molecule has 1 aromatic heterocycles. The van der Waals surface area contributed by atoms with Gasteiger partial charge in [0.25, 0.3) is 0 Å². The van der Waals surface area contributed by atoms with Crippen molar-refractivity contribution >= 4 is 23.2 Å². The van der Waals surface area contributed by atoms with Crippen molar-refractivity contribution in [2.45, 2.75) is 37.8 Å². The number of benzene rings is 1. The molecular formula is C19H23N5O2. The maximum absolute atomic E-state index is 12.9. The normalized spacial score (nSPS) is 19.4. The number of amides is 2. The van der Waals surface area contributed by atoms with Crippen LogP contribution in [0.2, 0.25) is 0 Å². The second-order valence-electron chi connectivity index (χ2n) is 6.94. The van der Waals surface area contributed by atoms with Crippen LogP contribution in [0.25, 0.3) is 0 Å². The first-order valence-corrected chi connectivity index (χ1v) is 9.09. The van der Waals surface area contributed by atoms with E-state index in [0.29, 0.717) is 32.4 Å². The molecule has 0 aliphatic carbocycles. The van der Waals surface area contributed by atoms with E-state index in [2.05, 4.69) is 15.7 Å². The molecule has 4 rings (SSSR count). The van der Waals surface area contributed by atoms with Crippen LogP contribution in [-0.2, 0) is 9.59 Å². The lowest BCUT2D eigenvalue weighted by Crippen LogP contribution is -2.59. The van der Waals surface area contributed by atoms with Crippen LogP contribution in [0, 0.1) is 0 Å². The molecule has 7 heteroatoms. The topological polar surface area (TPSA) is 79.3 Å². The first-order chi connectivity index (χ1) is 12.6. The fraction of sp³-hybridized carbons (Fsp3) is 0.421. The summed E-state index contributed by atoms with van der Waals surface area (Å²) in [6.45, 7) is 3.10. The van der Waals surface area contributed by atoms with Gasteiger partial charge in [0, 0.05) is 25.5 Å². The second kappa shape index (κ2) is 6.48. The molecule has 2 aromatic rings. The van der Waals surface area contributed by atoms with E-state index in [1.807, 2.05) is 48.4 Å². The van der Waals surface area contributed by atoms with Crippen LogP contribution in [-0.4, -0.2) is 45.1 Å². The quantitative estimate of drug-likeness (QED) is 0.887. The molecule has 2 amide bonds. The molecule has 2 aliphatic heterocycles. The van der Waals surface area contributed by atoms with Crippen LogP contribution < -0.4 is 10.6 Å². The van der Waals surface area contributed by atoms with Crippen LogP contribution in [0.3, 0.4) is 0 Å². The van der Waals surface area contributed by atoms with E-state index < -0.39 is 5.54 Å². The number of nitrogens with zero attached hydrogens (tertiary/aromatic N) is 3. The Balaban J connectivity index is 1.47. The Morgan fingerprint density at radius 3 is 2.62 bits per heavy atom. The van der Waals surface area contributed by atoms with E-state index >= 15 is 0 Å². The van der Waals surface area contributed by atoms with Gasteiger partial charge in [-0.25, -0.2) is 0 Å². The smallest absolute Gasteiger partial charge is 0.250 e. The summed E-state index contributed by atoms with van der Waals surface area (Å²) in [4.78, 5) is 27.5. The third-order valence-electron chi connectivity index (χ3n) is 5.43. The first kappa shape index (κ1) is 16.6. The number of carbonyl (C=O) groups is 2. The molecule has 2 aliphatic rings. The summed E-state index contributed by atoms with van der Waals surface area (Å²) in [7, 11) is 0. The lowest BCUT2D eigenvalue weighted by Gasteiger charge is -2.44. The molecule has 1 spiro atoms. The van der Waals surface area contributed by atoms with Crippen LogP contribution in [0.1, 0.15) is 32.2 Å². The number of likely N-dealkylation sites (tertiary alicyclic amines) is 1. The minimum atomic E-state index is -0.640. The van der Waals surface area contributed by atoms with Crippen molar-refractivity contribution < 1.29 is 9.59 Å². The number of rotatable bonds is 3. The van der Waals surface area contributed by atoms with E-state index in [0.717, 1.165) is 11.4 Å². The monoisotopic (exact) mass is 353 g/mol. The van der Waals surface area contributed by atoms with Crippen molar-refractivity contribution in [3.8, 4) is 0 Å². The Labute approximate surface area is 152 Å². The highest BCUT2D eigenvalue weighted by Gasteiger charge is 2.45. The molecule has 1 saturated heterocycles. The number of anilines is 2. The predicted molar refractivity (Wildman–Crippen MR) is 98.8 cm³/mol. The Bertz CT molecular complexity index is 809. The van der Waals surface area contributed by atoms with Gasteiger partial charge in [-0.1, -0.05) is 19.1 Å². The number of aromatic nitrogens is 2. The Morgan fingerprint density at radius 1 is 1.23 bits per heavy atom. The number of para-hydroxylation sites is 2. The highest BCUT2D eigenvalue weighted by molar-refractivity contribution is 6.06. The zero-order valence-electron chi connectivity index (χ0n) is 14.8. The van der Waals surface area contributed by atoms with Gasteiger partial charge in [0.15, 0.2) is 0 Å². The van der Waals surface area contributed by atoms with Crippen molar-refractivity contribution in [2.24, 2.45) is 0 Å². The third kappa shape index (κ3) is 2.73. The second-order valence-corrected chi connectivity index (χ2v) is 6.94. The van der Waals surface area contributed by atoms with Crippen molar-refractivity contribution in [2.75, 3.05) is 23.7 Å². The summed E-state index contributed by atoms with van der Waals surface area (Å²) in [5.74, 6) is 0.0603. The van der Waals surface area contributed by atoms with Gasteiger partial charge in [-0.05, 0) is 37.5 Å². The van der Waals surface area contributed by atoms with Crippen molar-refractivity contribution in [1.82, 2.24) is 14.7 Å². The molecular weight excluding hydrogens is 330 g/mol. The van der Waals surface area contributed by atoms with Crippen LogP contribution in [0.5, 0.6) is 0 Å². The molecule has 1 atom stereocenters. The molecule has 1 aromatic carbocycles. The summed E-state index contributed by atoms with van der Waals surface area (Å²) in [6, 6.07) is 9.26. The van der Waals surface area contributed by atoms with Gasteiger partial charge in [-0.2, -0.15) is 5.10 Å². The third-order valence-corrected chi connectivity index (χ3v) is 5.43. The molecule has 0 saturated carbocycles. The SMILES string of the molecule is CCC(C(=O)N1CCC2(CC1)Nc1ccccc1NC2=O)n1cccn1. The Hall–Kier alpha value is -2.83. The molecule has 1 fully saturated rings. The summed E-state index contributed by atoms with van der Waals surface area (Å²) in [5.41, 5.74) is 1.11. The van der Waals surface area contributed by atoms with Gasteiger partial charge in [0.2, 0.25) is 11.8 Å². The minimum Gasteiger partial charge on any atom is -0.369 e. The first-order valence-electron chi connectivity index (χ1n) is 9.09. The standard InChI is InChI=1S/C19H23N5O2/c1-2-16(24-11-5-10-20-24)17(25)23-12-8-19(9-13-23)18(26)21-14-6-3-4-7-15(14)22-19/h3-7,10-11,16,22H,2,8-9,12-13H2,1H3,(H,21,26). The van der Waals surface area contributed by atoms with Crippen molar-refractivity contribution in [3.05, 3.63) is 42.7 Å². The number of carbonyl (C=O) groups excluding carboxylic acids is 2. The van der Waals surface area contributed by atoms with E-state index in [4.69, 9.17) is 0 Å². The summed E-state index contributed by atoms with van der Waals surface area (Å²) < 4.78 is 1.72. The largest absolute Gasteiger partial charge is 0.369 e. The van der Waals surface area contributed by atoms with E-state index in [-0.39, 0.29) is 17.9 Å². The van der Waals surface area contributed by atoms with Gasteiger partial charge >= 0.3 is 0 Å². The van der Waals surface area contributed by atoms with E-state index in [1.165, 1.54) is 0 Å².